The van der Waals surface area contributed by atoms with E-state index in [1.54, 1.807) is 24.3 Å². The normalized spacial score (nSPS) is 10.7. The van der Waals surface area contributed by atoms with Gasteiger partial charge in [-0.2, -0.15) is 0 Å². The highest BCUT2D eigenvalue weighted by molar-refractivity contribution is 5.92. The Hall–Kier alpha value is -3.15. The van der Waals surface area contributed by atoms with Gasteiger partial charge in [0.15, 0.2) is 6.61 Å². The molecule has 0 radical (unpaired) electrons. The van der Waals surface area contributed by atoms with Crippen LogP contribution >= 0.6 is 0 Å². The van der Waals surface area contributed by atoms with Gasteiger partial charge >= 0.3 is 0 Å². The van der Waals surface area contributed by atoms with Crippen molar-refractivity contribution in [1.29, 1.82) is 0 Å². The van der Waals surface area contributed by atoms with Gasteiger partial charge in [0, 0.05) is 11.3 Å². The fourth-order valence-electron chi connectivity index (χ4n) is 2.44. The number of nitrogens with zero attached hydrogens (tertiary/aromatic N) is 2. The van der Waals surface area contributed by atoms with Gasteiger partial charge in [-0.05, 0) is 41.8 Å². The van der Waals surface area contributed by atoms with Crippen LogP contribution in [0.4, 0.5) is 5.69 Å². The van der Waals surface area contributed by atoms with Crippen LogP contribution in [0.2, 0.25) is 0 Å². The molecule has 6 heteroatoms. The molecule has 0 aliphatic rings. The van der Waals surface area contributed by atoms with Crippen molar-refractivity contribution < 1.29 is 13.9 Å². The van der Waals surface area contributed by atoms with E-state index >= 15 is 0 Å². The third-order valence-corrected chi connectivity index (χ3v) is 3.69. The van der Waals surface area contributed by atoms with Gasteiger partial charge in [0.25, 0.3) is 5.91 Å². The van der Waals surface area contributed by atoms with Crippen LogP contribution in [0.15, 0.2) is 59.3 Å². The van der Waals surface area contributed by atoms with E-state index in [9.17, 15) is 4.79 Å². The summed E-state index contributed by atoms with van der Waals surface area (Å²) >= 11 is 0. The average Bonchev–Trinajstić information content (AvgIpc) is 3.15. The Balaban J connectivity index is 1.58. The summed E-state index contributed by atoms with van der Waals surface area (Å²) in [5.74, 6) is 1.16. The third-order valence-electron chi connectivity index (χ3n) is 3.69. The molecule has 25 heavy (non-hydrogen) atoms. The highest BCUT2D eigenvalue weighted by Gasteiger charge is 2.10. The van der Waals surface area contributed by atoms with Crippen molar-refractivity contribution in [2.45, 2.75) is 19.8 Å². The Kier molecular flexibility index (Phi) is 5.09. The smallest absolute Gasteiger partial charge is 0.262 e. The van der Waals surface area contributed by atoms with Gasteiger partial charge in [-0.1, -0.05) is 32.0 Å². The van der Waals surface area contributed by atoms with Gasteiger partial charge in [-0.3, -0.25) is 4.79 Å². The van der Waals surface area contributed by atoms with E-state index < -0.39 is 0 Å². The first-order chi connectivity index (χ1) is 12.1. The van der Waals surface area contributed by atoms with Crippen LogP contribution < -0.4 is 10.1 Å². The molecule has 0 saturated heterocycles. The molecule has 0 unspecified atom stereocenters. The van der Waals surface area contributed by atoms with Crippen LogP contribution in [-0.2, 0) is 4.79 Å². The number of hydrogen-bond acceptors (Lipinski definition) is 5. The molecule has 1 N–H and O–H groups in total. The number of nitrogens with one attached hydrogen (secondary N) is 1. The number of benzene rings is 2. The van der Waals surface area contributed by atoms with E-state index in [1.807, 2.05) is 24.3 Å². The molecular formula is C19H19N3O3. The minimum atomic E-state index is -0.200. The average molecular weight is 337 g/mol. The maximum Gasteiger partial charge on any atom is 0.262 e. The van der Waals surface area contributed by atoms with E-state index in [0.29, 0.717) is 17.6 Å². The Labute approximate surface area is 145 Å². The quantitative estimate of drug-likeness (QED) is 0.738. The molecule has 3 rings (SSSR count). The van der Waals surface area contributed by atoms with E-state index in [-0.39, 0.29) is 12.5 Å². The number of amides is 1. The van der Waals surface area contributed by atoms with Crippen molar-refractivity contribution in [1.82, 2.24) is 10.2 Å². The summed E-state index contributed by atoms with van der Waals surface area (Å²) < 4.78 is 10.7. The predicted molar refractivity (Wildman–Crippen MR) is 94.4 cm³/mol. The van der Waals surface area contributed by atoms with Crippen molar-refractivity contribution in [2.75, 3.05) is 11.9 Å². The topological polar surface area (TPSA) is 77.2 Å². The molecule has 0 aliphatic carbocycles. The molecule has 0 saturated carbocycles. The highest BCUT2D eigenvalue weighted by atomic mass is 16.5. The van der Waals surface area contributed by atoms with E-state index in [4.69, 9.17) is 9.15 Å². The molecule has 0 atom stereocenters. The second-order valence-electron chi connectivity index (χ2n) is 5.85. The summed E-state index contributed by atoms with van der Waals surface area (Å²) in [4.78, 5) is 12.1. The zero-order chi connectivity index (χ0) is 17.6. The molecule has 0 aliphatic heterocycles. The van der Waals surface area contributed by atoms with Crippen molar-refractivity contribution in [3.05, 3.63) is 60.5 Å². The van der Waals surface area contributed by atoms with Gasteiger partial charge in [0.1, 0.15) is 5.75 Å². The van der Waals surface area contributed by atoms with Gasteiger partial charge < -0.3 is 14.5 Å². The first-order valence-corrected chi connectivity index (χ1v) is 8.01. The Morgan fingerprint density at radius 3 is 2.60 bits per heavy atom. The number of rotatable bonds is 6. The maximum absolute atomic E-state index is 12.1. The lowest BCUT2D eigenvalue weighted by molar-refractivity contribution is -0.118. The first kappa shape index (κ1) is 16.7. The Bertz CT molecular complexity index is 827. The van der Waals surface area contributed by atoms with Crippen molar-refractivity contribution in [3.63, 3.8) is 0 Å². The maximum atomic E-state index is 12.1. The van der Waals surface area contributed by atoms with Crippen LogP contribution in [0.25, 0.3) is 11.5 Å². The van der Waals surface area contributed by atoms with E-state index in [1.165, 1.54) is 6.39 Å². The molecule has 2 aromatic carbocycles. The van der Waals surface area contributed by atoms with Gasteiger partial charge in [-0.25, -0.2) is 0 Å². The second kappa shape index (κ2) is 7.61. The number of para-hydroxylation sites is 1. The van der Waals surface area contributed by atoms with Crippen LogP contribution in [0.3, 0.4) is 0 Å². The predicted octanol–water partition coefficient (Wildman–Crippen LogP) is 3.88. The lowest BCUT2D eigenvalue weighted by Gasteiger charge is -2.14. The van der Waals surface area contributed by atoms with Gasteiger partial charge in [-0.15, -0.1) is 10.2 Å². The van der Waals surface area contributed by atoms with Gasteiger partial charge in [0.05, 0.1) is 0 Å². The molecule has 128 valence electrons. The van der Waals surface area contributed by atoms with Crippen molar-refractivity contribution >= 4 is 11.6 Å². The molecule has 1 aromatic heterocycles. The SMILES string of the molecule is CC(C)c1ccccc1NC(=O)COc1ccc(-c2nnco2)cc1. The molecule has 0 fully saturated rings. The molecule has 1 amide bonds. The van der Waals surface area contributed by atoms with Gasteiger partial charge in [0.2, 0.25) is 12.3 Å². The fraction of sp³-hybridized carbons (Fsp3) is 0.211. The van der Waals surface area contributed by atoms with E-state index in [2.05, 4.69) is 29.4 Å². The second-order valence-corrected chi connectivity index (χ2v) is 5.85. The van der Waals surface area contributed by atoms with Crippen molar-refractivity contribution in [2.24, 2.45) is 0 Å². The zero-order valence-electron chi connectivity index (χ0n) is 14.1. The third kappa shape index (κ3) is 4.23. The Morgan fingerprint density at radius 2 is 1.92 bits per heavy atom. The van der Waals surface area contributed by atoms with E-state index in [0.717, 1.165) is 16.8 Å². The van der Waals surface area contributed by atoms with Crippen LogP contribution in [0.5, 0.6) is 5.75 Å². The number of carbonyl (C=O) groups is 1. The number of hydrogen-bond donors (Lipinski definition) is 1. The minimum Gasteiger partial charge on any atom is -0.484 e. The van der Waals surface area contributed by atoms with Crippen LogP contribution in [-0.4, -0.2) is 22.7 Å². The summed E-state index contributed by atoms with van der Waals surface area (Å²) in [5.41, 5.74) is 2.71. The fourth-order valence-corrected chi connectivity index (χ4v) is 2.44. The number of carbonyl (C=O) groups excluding carboxylic acids is 1. The standard InChI is InChI=1S/C19H19N3O3/c1-13(2)16-5-3-4-6-17(16)21-18(23)11-24-15-9-7-14(8-10-15)19-22-20-12-25-19/h3-10,12-13H,11H2,1-2H3,(H,21,23). The summed E-state index contributed by atoms with van der Waals surface area (Å²) in [5, 5.41) is 10.4. The van der Waals surface area contributed by atoms with Crippen molar-refractivity contribution in [3.8, 4) is 17.2 Å². The molecule has 6 nitrogen and oxygen atoms in total. The summed E-state index contributed by atoms with van der Waals surface area (Å²) in [6, 6.07) is 14.9. The lowest BCUT2D eigenvalue weighted by atomic mass is 10.0. The van der Waals surface area contributed by atoms with Crippen LogP contribution in [0, 0.1) is 0 Å². The Morgan fingerprint density at radius 1 is 1.16 bits per heavy atom. The number of anilines is 1. The molecular weight excluding hydrogens is 318 g/mol. The summed E-state index contributed by atoms with van der Waals surface area (Å²) in [6.45, 7) is 4.12. The molecule has 1 heterocycles. The molecule has 3 aromatic rings. The number of ether oxygens (including phenoxy) is 1. The monoisotopic (exact) mass is 337 g/mol. The number of aromatic nitrogens is 2. The summed E-state index contributed by atoms with van der Waals surface area (Å²) in [7, 11) is 0. The van der Waals surface area contributed by atoms with Crippen LogP contribution in [0.1, 0.15) is 25.3 Å². The lowest BCUT2D eigenvalue weighted by Crippen LogP contribution is -2.21. The first-order valence-electron chi connectivity index (χ1n) is 8.01. The minimum absolute atomic E-state index is 0.0632. The largest absolute Gasteiger partial charge is 0.484 e. The molecule has 0 bridgehead atoms. The highest BCUT2D eigenvalue weighted by Crippen LogP contribution is 2.24. The molecule has 0 spiro atoms. The zero-order valence-corrected chi connectivity index (χ0v) is 14.1. The summed E-state index contributed by atoms with van der Waals surface area (Å²) in [6.07, 6.45) is 1.28.